The second-order valence-electron chi connectivity index (χ2n) is 6.43. The molecule has 0 N–H and O–H groups in total. The Morgan fingerprint density at radius 3 is 2.44 bits per heavy atom. The van der Waals surface area contributed by atoms with Crippen molar-refractivity contribution in [2.45, 2.75) is 51.2 Å². The van der Waals surface area contributed by atoms with E-state index in [4.69, 9.17) is 0 Å². The second-order valence-corrected chi connectivity index (χ2v) is 8.68. The van der Waals surface area contributed by atoms with E-state index in [-0.39, 0.29) is 27.5 Å². The van der Waals surface area contributed by atoms with Gasteiger partial charge in [0.05, 0.1) is 29.2 Å². The van der Waals surface area contributed by atoms with Crippen molar-refractivity contribution < 1.29 is 21.6 Å². The molecule has 2 rings (SSSR count). The summed E-state index contributed by atoms with van der Waals surface area (Å²) in [5, 5.41) is 0. The predicted molar refractivity (Wildman–Crippen MR) is 96.7 cm³/mol. The van der Waals surface area contributed by atoms with Gasteiger partial charge in [-0.2, -0.15) is 0 Å². The van der Waals surface area contributed by atoms with Crippen LogP contribution in [-0.2, 0) is 16.4 Å². The smallest absolute Gasteiger partial charge is 0.293 e. The first-order valence-corrected chi connectivity index (χ1v) is 9.97. The van der Waals surface area contributed by atoms with E-state index in [1.54, 1.807) is 13.0 Å². The molecule has 1 aromatic carbocycles. The lowest BCUT2D eigenvalue weighted by Crippen LogP contribution is -2.37. The van der Waals surface area contributed by atoms with E-state index < -0.39 is 34.0 Å². The van der Waals surface area contributed by atoms with Gasteiger partial charge in [-0.25, -0.2) is 26.6 Å². The van der Waals surface area contributed by atoms with Gasteiger partial charge in [-0.15, -0.1) is 0 Å². The van der Waals surface area contributed by atoms with E-state index in [1.807, 2.05) is 0 Å². The lowest BCUT2D eigenvalue weighted by molar-refractivity contribution is -0.0786. The van der Waals surface area contributed by atoms with Crippen molar-refractivity contribution in [1.82, 2.24) is 9.55 Å². The van der Waals surface area contributed by atoms with Crippen molar-refractivity contribution >= 4 is 9.84 Å². The number of aromatic nitrogens is 2. The first-order valence-electron chi connectivity index (χ1n) is 8.32. The molecule has 1 aromatic heterocycles. The summed E-state index contributed by atoms with van der Waals surface area (Å²) in [6, 6.07) is 4.70. The summed E-state index contributed by atoms with van der Waals surface area (Å²) in [7, 11) is -3.60. The van der Waals surface area contributed by atoms with E-state index in [0.29, 0.717) is 17.1 Å². The van der Waals surface area contributed by atoms with Crippen LogP contribution in [0.3, 0.4) is 0 Å². The zero-order valence-electron chi connectivity index (χ0n) is 15.5. The van der Waals surface area contributed by atoms with Crippen molar-refractivity contribution in [3.05, 3.63) is 46.0 Å². The molecule has 1 heterocycles. The number of halogens is 3. The number of sulfone groups is 1. The average Bonchev–Trinajstić information content (AvgIpc) is 2.59. The van der Waals surface area contributed by atoms with Crippen molar-refractivity contribution in [1.29, 1.82) is 0 Å². The monoisotopic (exact) mass is 402 g/mol. The fourth-order valence-corrected chi connectivity index (χ4v) is 3.74. The van der Waals surface area contributed by atoms with Crippen molar-refractivity contribution in [3.63, 3.8) is 0 Å². The van der Waals surface area contributed by atoms with Gasteiger partial charge < -0.3 is 0 Å². The molecule has 0 saturated carbocycles. The third-order valence-corrected chi connectivity index (χ3v) is 6.10. The van der Waals surface area contributed by atoms with E-state index >= 15 is 0 Å². The van der Waals surface area contributed by atoms with Gasteiger partial charge in [0.1, 0.15) is 0 Å². The molecule has 0 bridgehead atoms. The summed E-state index contributed by atoms with van der Waals surface area (Å²) in [6.45, 7) is 4.18. The van der Waals surface area contributed by atoms with Crippen LogP contribution in [-0.4, -0.2) is 35.8 Å². The zero-order valence-corrected chi connectivity index (χ0v) is 16.3. The second kappa shape index (κ2) is 7.46. The van der Waals surface area contributed by atoms with Gasteiger partial charge in [0.25, 0.3) is 11.5 Å². The van der Waals surface area contributed by atoms with Gasteiger partial charge in [0.2, 0.25) is 0 Å². The third-order valence-electron chi connectivity index (χ3n) is 4.33. The molecule has 0 aliphatic heterocycles. The van der Waals surface area contributed by atoms with Crippen LogP contribution in [0.15, 0.2) is 34.2 Å². The predicted octanol–water partition coefficient (Wildman–Crippen LogP) is 3.31. The minimum Gasteiger partial charge on any atom is -0.293 e. The first-order chi connectivity index (χ1) is 12.4. The zero-order chi connectivity index (χ0) is 20.6. The molecule has 1 unspecified atom stereocenters. The van der Waals surface area contributed by atoms with Gasteiger partial charge in [-0.3, -0.25) is 9.36 Å². The van der Waals surface area contributed by atoms with Crippen LogP contribution in [0.5, 0.6) is 0 Å². The number of benzene rings is 1. The Kier molecular flexibility index (Phi) is 5.84. The van der Waals surface area contributed by atoms with Gasteiger partial charge in [0.15, 0.2) is 16.0 Å². The highest BCUT2D eigenvalue weighted by atomic mass is 32.2. The maximum absolute atomic E-state index is 13.6. The third kappa shape index (κ3) is 4.23. The number of alkyl halides is 3. The fourth-order valence-electron chi connectivity index (χ4n) is 2.57. The Balaban J connectivity index is 2.64. The van der Waals surface area contributed by atoms with Crippen LogP contribution in [0.25, 0.3) is 11.3 Å². The van der Waals surface area contributed by atoms with Crippen LogP contribution < -0.4 is 5.56 Å². The molecule has 5 nitrogen and oxygen atoms in total. The Labute approximate surface area is 155 Å². The molecule has 148 valence electrons. The molecule has 0 fully saturated rings. The van der Waals surface area contributed by atoms with Crippen LogP contribution in [0.1, 0.15) is 25.0 Å². The van der Waals surface area contributed by atoms with Gasteiger partial charge in [0, 0.05) is 11.1 Å². The number of nitrogens with zero attached hydrogens (tertiary/aromatic N) is 2. The molecule has 0 saturated heterocycles. The summed E-state index contributed by atoms with van der Waals surface area (Å²) >= 11 is 0. The number of rotatable bonds is 6. The number of hydrogen-bond donors (Lipinski definition) is 0. The molecule has 0 spiro atoms. The topological polar surface area (TPSA) is 69.0 Å². The van der Waals surface area contributed by atoms with E-state index in [2.05, 4.69) is 4.98 Å². The largest absolute Gasteiger partial charge is 0.295 e. The maximum Gasteiger partial charge on any atom is 0.295 e. The maximum atomic E-state index is 13.6. The number of aryl methyl sites for hydroxylation is 1. The van der Waals surface area contributed by atoms with Crippen LogP contribution in [0.4, 0.5) is 13.2 Å². The first kappa shape index (κ1) is 21.1. The summed E-state index contributed by atoms with van der Waals surface area (Å²) in [6.07, 6.45) is -1.54. The van der Waals surface area contributed by atoms with Gasteiger partial charge >= 0.3 is 0 Å². The molecule has 0 amide bonds. The van der Waals surface area contributed by atoms with Crippen molar-refractivity contribution in [2.24, 2.45) is 0 Å². The van der Waals surface area contributed by atoms with Crippen molar-refractivity contribution in [3.8, 4) is 11.3 Å². The Bertz CT molecular complexity index is 1010. The highest BCUT2D eigenvalue weighted by molar-refractivity contribution is 7.91. The van der Waals surface area contributed by atoms with Gasteiger partial charge in [-0.1, -0.05) is 19.1 Å². The summed E-state index contributed by atoms with van der Waals surface area (Å²) in [4.78, 5) is 16.5. The van der Waals surface area contributed by atoms with E-state index in [0.717, 1.165) is 6.33 Å². The minimum absolute atomic E-state index is 0.0104. The van der Waals surface area contributed by atoms with Crippen LogP contribution in [0.2, 0.25) is 0 Å². The molecule has 1 atom stereocenters. The molecule has 0 aliphatic rings. The summed E-state index contributed by atoms with van der Waals surface area (Å²) in [5.41, 5.74) is 0.278. The molecular weight excluding hydrogens is 381 g/mol. The quantitative estimate of drug-likeness (QED) is 0.743. The highest BCUT2D eigenvalue weighted by Gasteiger charge is 2.37. The minimum atomic E-state index is -3.72. The van der Waals surface area contributed by atoms with Gasteiger partial charge in [-0.05, 0) is 32.4 Å². The van der Waals surface area contributed by atoms with Crippen LogP contribution in [0, 0.1) is 13.8 Å². The molecule has 0 radical (unpaired) electrons. The van der Waals surface area contributed by atoms with Crippen LogP contribution >= 0.6 is 0 Å². The SMILES string of the molecule is CCS(=O)(=O)c1cc(C)ccc1-c1ncn(CC(F)(F)C(C)F)c(=O)c1C. The standard InChI is InChI=1S/C18H21F3N2O3S/c1-5-27(25,26)15-8-11(2)6-7-14(15)16-12(3)17(24)23(10-22-16)9-18(20,21)13(4)19/h6-8,10,13H,5,9H2,1-4H3. The normalized spacial score (nSPS) is 13.6. The summed E-state index contributed by atoms with van der Waals surface area (Å²) in [5.74, 6) is -3.86. The van der Waals surface area contributed by atoms with E-state index in [9.17, 15) is 26.4 Å². The lowest BCUT2D eigenvalue weighted by Gasteiger charge is -2.19. The Morgan fingerprint density at radius 2 is 1.89 bits per heavy atom. The molecule has 27 heavy (non-hydrogen) atoms. The Morgan fingerprint density at radius 1 is 1.26 bits per heavy atom. The lowest BCUT2D eigenvalue weighted by atomic mass is 10.1. The average molecular weight is 402 g/mol. The molecule has 2 aromatic rings. The van der Waals surface area contributed by atoms with Crippen molar-refractivity contribution in [2.75, 3.05) is 5.75 Å². The summed E-state index contributed by atoms with van der Waals surface area (Å²) < 4.78 is 65.8. The molecule has 0 aliphatic carbocycles. The fraction of sp³-hybridized carbons (Fsp3) is 0.444. The Hall–Kier alpha value is -2.16. The van der Waals surface area contributed by atoms with E-state index in [1.165, 1.54) is 26.0 Å². The number of hydrogen-bond acceptors (Lipinski definition) is 4. The molecule has 9 heteroatoms. The highest BCUT2D eigenvalue weighted by Crippen LogP contribution is 2.29. The molecular formula is C18H21F3N2O3S.